The molecule has 0 aliphatic carbocycles. The number of amides is 2. The van der Waals surface area contributed by atoms with Crippen LogP contribution in [-0.2, 0) is 11.8 Å². The fourth-order valence-electron chi connectivity index (χ4n) is 3.27. The summed E-state index contributed by atoms with van der Waals surface area (Å²) < 4.78 is 1.80. The summed E-state index contributed by atoms with van der Waals surface area (Å²) in [4.78, 5) is 24.9. The lowest BCUT2D eigenvalue weighted by Gasteiger charge is -2.14. The zero-order valence-corrected chi connectivity index (χ0v) is 19.2. The number of aromatic nitrogens is 3. The number of hydrogen-bond donors (Lipinski definition) is 2. The van der Waals surface area contributed by atoms with Gasteiger partial charge in [0.05, 0.1) is 11.8 Å². The van der Waals surface area contributed by atoms with E-state index < -0.39 is 0 Å². The van der Waals surface area contributed by atoms with Crippen LogP contribution in [0.1, 0.15) is 45.8 Å². The number of aryl methyl sites for hydroxylation is 3. The molecule has 1 aromatic heterocycles. The average molecular weight is 438 g/mol. The quantitative estimate of drug-likeness (QED) is 0.546. The maximum atomic E-state index is 12.6. The summed E-state index contributed by atoms with van der Waals surface area (Å²) in [6, 6.07) is 13.0. The van der Waals surface area contributed by atoms with E-state index in [9.17, 15) is 9.59 Å². The molecule has 1 heterocycles. The number of nitrogens with zero attached hydrogens (tertiary/aromatic N) is 3. The minimum absolute atomic E-state index is 0.109. The molecule has 1 atom stereocenters. The van der Waals surface area contributed by atoms with Crippen LogP contribution in [0.3, 0.4) is 0 Å². The topological polar surface area (TPSA) is 88.9 Å². The van der Waals surface area contributed by atoms with E-state index in [0.29, 0.717) is 16.5 Å². The Morgan fingerprint density at radius 3 is 2.52 bits per heavy atom. The fourth-order valence-corrected chi connectivity index (χ4v) is 3.98. The standard InChI is InChI=1S/C23H27N5O2S/c1-14-10-11-19(16(3)12-14)25-20(29)13-31-23-27-26-21(28(23)5)17(4)24-22(30)18-9-7-6-8-15(18)2/h6-12,17H,13H2,1-5H3,(H,24,30)(H,25,29). The number of carbonyl (C=O) groups is 2. The molecule has 2 aromatic carbocycles. The van der Waals surface area contributed by atoms with Crippen LogP contribution in [0, 0.1) is 20.8 Å². The first-order valence-corrected chi connectivity index (χ1v) is 11.0. The Morgan fingerprint density at radius 1 is 1.06 bits per heavy atom. The van der Waals surface area contributed by atoms with Crippen LogP contribution < -0.4 is 10.6 Å². The molecule has 0 aliphatic heterocycles. The smallest absolute Gasteiger partial charge is 0.252 e. The lowest BCUT2D eigenvalue weighted by Crippen LogP contribution is -2.29. The van der Waals surface area contributed by atoms with Crippen molar-refractivity contribution < 1.29 is 9.59 Å². The van der Waals surface area contributed by atoms with Crippen molar-refractivity contribution in [2.45, 2.75) is 38.9 Å². The van der Waals surface area contributed by atoms with Crippen LogP contribution in [0.25, 0.3) is 0 Å². The molecule has 162 valence electrons. The van der Waals surface area contributed by atoms with Gasteiger partial charge < -0.3 is 15.2 Å². The van der Waals surface area contributed by atoms with Crippen LogP contribution in [0.4, 0.5) is 5.69 Å². The summed E-state index contributed by atoms with van der Waals surface area (Å²) in [6.07, 6.45) is 0. The Kier molecular flexibility index (Phi) is 7.12. The van der Waals surface area contributed by atoms with Gasteiger partial charge in [0.15, 0.2) is 11.0 Å². The van der Waals surface area contributed by atoms with E-state index >= 15 is 0 Å². The molecule has 3 rings (SSSR count). The predicted octanol–water partition coefficient (Wildman–Crippen LogP) is 3.96. The summed E-state index contributed by atoms with van der Waals surface area (Å²) in [7, 11) is 1.83. The van der Waals surface area contributed by atoms with E-state index in [1.54, 1.807) is 10.6 Å². The van der Waals surface area contributed by atoms with Gasteiger partial charge in [0.1, 0.15) is 0 Å². The Morgan fingerprint density at radius 2 is 1.81 bits per heavy atom. The first-order chi connectivity index (χ1) is 14.8. The van der Waals surface area contributed by atoms with Crippen molar-refractivity contribution in [3.8, 4) is 0 Å². The van der Waals surface area contributed by atoms with Crippen molar-refractivity contribution in [2.75, 3.05) is 11.1 Å². The second-order valence-corrected chi connectivity index (χ2v) is 8.51. The number of hydrogen-bond acceptors (Lipinski definition) is 5. The molecule has 31 heavy (non-hydrogen) atoms. The van der Waals surface area contributed by atoms with Crippen LogP contribution in [-0.4, -0.2) is 32.3 Å². The van der Waals surface area contributed by atoms with Gasteiger partial charge in [-0.2, -0.15) is 0 Å². The fraction of sp³-hybridized carbons (Fsp3) is 0.304. The second kappa shape index (κ2) is 9.78. The predicted molar refractivity (Wildman–Crippen MR) is 123 cm³/mol. The first kappa shape index (κ1) is 22.6. The molecule has 0 bridgehead atoms. The number of rotatable bonds is 7. The molecule has 0 saturated carbocycles. The summed E-state index contributed by atoms with van der Waals surface area (Å²) in [5.74, 6) is 0.570. The highest BCUT2D eigenvalue weighted by molar-refractivity contribution is 7.99. The van der Waals surface area contributed by atoms with Crippen molar-refractivity contribution in [1.82, 2.24) is 20.1 Å². The highest BCUT2D eigenvalue weighted by Gasteiger charge is 2.19. The van der Waals surface area contributed by atoms with Crippen molar-refractivity contribution in [2.24, 2.45) is 7.05 Å². The summed E-state index contributed by atoms with van der Waals surface area (Å²) >= 11 is 1.30. The van der Waals surface area contributed by atoms with Crippen LogP contribution in [0.5, 0.6) is 0 Å². The summed E-state index contributed by atoms with van der Waals surface area (Å²) in [5.41, 5.74) is 4.53. The summed E-state index contributed by atoms with van der Waals surface area (Å²) in [6.45, 7) is 7.75. The first-order valence-electron chi connectivity index (χ1n) is 10.0. The van der Waals surface area contributed by atoms with Gasteiger partial charge in [-0.1, -0.05) is 47.7 Å². The van der Waals surface area contributed by atoms with E-state index in [1.165, 1.54) is 11.8 Å². The Bertz CT molecular complexity index is 1110. The van der Waals surface area contributed by atoms with Crippen molar-refractivity contribution in [1.29, 1.82) is 0 Å². The van der Waals surface area contributed by atoms with Gasteiger partial charge in [0.25, 0.3) is 5.91 Å². The Balaban J connectivity index is 1.59. The van der Waals surface area contributed by atoms with Gasteiger partial charge in [-0.05, 0) is 51.0 Å². The van der Waals surface area contributed by atoms with Crippen LogP contribution in [0.2, 0.25) is 0 Å². The van der Waals surface area contributed by atoms with Crippen LogP contribution >= 0.6 is 11.8 Å². The minimum Gasteiger partial charge on any atom is -0.342 e. The molecule has 0 aliphatic rings. The third-order valence-corrected chi connectivity index (χ3v) is 6.00. The molecule has 2 N–H and O–H groups in total. The molecule has 3 aromatic rings. The Labute approximate surface area is 186 Å². The zero-order chi connectivity index (χ0) is 22.5. The minimum atomic E-state index is -0.331. The van der Waals surface area contributed by atoms with E-state index in [4.69, 9.17) is 0 Å². The molecular formula is C23H27N5O2S. The normalized spacial score (nSPS) is 11.8. The average Bonchev–Trinajstić information content (AvgIpc) is 3.09. The molecule has 0 saturated heterocycles. The zero-order valence-electron chi connectivity index (χ0n) is 18.4. The highest BCUT2D eigenvalue weighted by atomic mass is 32.2. The van der Waals surface area contributed by atoms with Gasteiger partial charge >= 0.3 is 0 Å². The molecule has 0 fully saturated rings. The molecule has 2 amide bonds. The van der Waals surface area contributed by atoms with E-state index in [1.807, 2.05) is 71.1 Å². The van der Waals surface area contributed by atoms with E-state index in [-0.39, 0.29) is 23.6 Å². The number of anilines is 1. The van der Waals surface area contributed by atoms with Gasteiger partial charge in [-0.3, -0.25) is 9.59 Å². The highest BCUT2D eigenvalue weighted by Crippen LogP contribution is 2.21. The maximum Gasteiger partial charge on any atom is 0.252 e. The lowest BCUT2D eigenvalue weighted by atomic mass is 10.1. The SMILES string of the molecule is Cc1ccc(NC(=O)CSc2nnc(C(C)NC(=O)c3ccccc3C)n2C)c(C)c1. The largest absolute Gasteiger partial charge is 0.342 e. The van der Waals surface area contributed by atoms with E-state index in [2.05, 4.69) is 20.8 Å². The third kappa shape index (κ3) is 5.52. The number of nitrogens with one attached hydrogen (secondary N) is 2. The van der Waals surface area contributed by atoms with Crippen LogP contribution in [0.15, 0.2) is 47.6 Å². The molecule has 0 radical (unpaired) electrons. The molecule has 8 heteroatoms. The number of thioether (sulfide) groups is 1. The van der Waals surface area contributed by atoms with Gasteiger partial charge in [0.2, 0.25) is 5.91 Å². The summed E-state index contributed by atoms with van der Waals surface area (Å²) in [5, 5.41) is 14.9. The third-order valence-electron chi connectivity index (χ3n) is 4.98. The molecule has 7 nitrogen and oxygen atoms in total. The van der Waals surface area contributed by atoms with Gasteiger partial charge in [-0.25, -0.2) is 0 Å². The number of benzene rings is 2. The lowest BCUT2D eigenvalue weighted by molar-refractivity contribution is -0.113. The monoisotopic (exact) mass is 437 g/mol. The van der Waals surface area contributed by atoms with Gasteiger partial charge in [0, 0.05) is 18.3 Å². The van der Waals surface area contributed by atoms with E-state index in [0.717, 1.165) is 22.4 Å². The maximum absolute atomic E-state index is 12.6. The molecule has 0 spiro atoms. The molecular weight excluding hydrogens is 410 g/mol. The number of carbonyl (C=O) groups excluding carboxylic acids is 2. The van der Waals surface area contributed by atoms with Crippen molar-refractivity contribution in [3.05, 3.63) is 70.5 Å². The van der Waals surface area contributed by atoms with Gasteiger partial charge in [-0.15, -0.1) is 10.2 Å². The Hall–Kier alpha value is -3.13. The molecule has 1 unspecified atom stereocenters. The van der Waals surface area contributed by atoms with Crippen molar-refractivity contribution >= 4 is 29.3 Å². The second-order valence-electron chi connectivity index (χ2n) is 7.57. The van der Waals surface area contributed by atoms with Crippen molar-refractivity contribution in [3.63, 3.8) is 0 Å².